The Hall–Kier alpha value is -6.39. The second-order valence-corrected chi connectivity index (χ2v) is 16.8. The maximum Gasteiger partial charge on any atom is 0.164 e. The lowest BCUT2D eigenvalue weighted by molar-refractivity contribution is 0.600. The molecule has 270 valence electrons. The number of nitrogens with zero attached hydrogens (tertiary/aromatic N) is 3. The molecule has 2 atom stereocenters. The van der Waals surface area contributed by atoms with E-state index in [1.807, 2.05) is 18.2 Å². The summed E-state index contributed by atoms with van der Waals surface area (Å²) in [4.78, 5) is 15.4. The van der Waals surface area contributed by atoms with Crippen LogP contribution in [-0.4, -0.2) is 15.0 Å². The largest absolute Gasteiger partial charge is 0.456 e. The van der Waals surface area contributed by atoms with Crippen LogP contribution in [0, 0.1) is 5.92 Å². The molecule has 0 saturated carbocycles. The van der Waals surface area contributed by atoms with Crippen molar-refractivity contribution in [2.24, 2.45) is 5.92 Å². The van der Waals surface area contributed by atoms with Gasteiger partial charge >= 0.3 is 0 Å². The van der Waals surface area contributed by atoms with Gasteiger partial charge in [-0.15, -0.1) is 0 Å². The van der Waals surface area contributed by atoms with Gasteiger partial charge in [-0.05, 0) is 74.2 Å². The summed E-state index contributed by atoms with van der Waals surface area (Å²) >= 11 is 0. The van der Waals surface area contributed by atoms with Crippen LogP contribution in [0.4, 0.5) is 0 Å². The molecule has 6 aromatic carbocycles. The van der Waals surface area contributed by atoms with Crippen molar-refractivity contribution in [3.05, 3.63) is 179 Å². The molecule has 3 aliphatic rings. The summed E-state index contributed by atoms with van der Waals surface area (Å²) < 4.78 is 6.37. The standard InChI is InChI=1S/C52H41N3O/c1-30-28-32(22-24-34(30)37-18-13-19-38-39-26-27-44-45(47(39)52(4,5)46(37)38)40-17-10-12-21-43(40)56-44)49-53-48(31-14-7-6-8-15-31)54-50(55-49)33-23-25-36-35-16-9-11-20-41(35)51(2,3)42(36)29-33/h6-30,34H,1-5H3. The molecule has 0 aliphatic heterocycles. The van der Waals surface area contributed by atoms with Crippen molar-refractivity contribution in [3.63, 3.8) is 0 Å². The topological polar surface area (TPSA) is 51.8 Å². The van der Waals surface area contributed by atoms with Gasteiger partial charge in [0.05, 0.1) is 0 Å². The lowest BCUT2D eigenvalue weighted by atomic mass is 9.73. The Morgan fingerprint density at radius 2 is 1.21 bits per heavy atom. The Bertz CT molecular complexity index is 3000. The number of furan rings is 1. The molecule has 0 bridgehead atoms. The normalized spacial score (nSPS) is 18.4. The lowest BCUT2D eigenvalue weighted by Crippen LogP contribution is -2.21. The zero-order chi connectivity index (χ0) is 37.9. The van der Waals surface area contributed by atoms with Crippen LogP contribution in [0.1, 0.15) is 74.2 Å². The smallest absolute Gasteiger partial charge is 0.164 e. The van der Waals surface area contributed by atoms with Gasteiger partial charge in [0.2, 0.25) is 0 Å². The first-order valence-electron chi connectivity index (χ1n) is 19.7. The molecule has 0 N–H and O–H groups in total. The summed E-state index contributed by atoms with van der Waals surface area (Å²) in [5.74, 6) is 2.45. The highest BCUT2D eigenvalue weighted by atomic mass is 16.3. The average Bonchev–Trinajstić information content (AvgIpc) is 3.80. The molecule has 2 aromatic heterocycles. The van der Waals surface area contributed by atoms with Crippen molar-refractivity contribution >= 4 is 27.5 Å². The van der Waals surface area contributed by atoms with E-state index in [2.05, 4.69) is 162 Å². The number of benzene rings is 6. The number of aromatic nitrogens is 3. The quantitative estimate of drug-likeness (QED) is 0.181. The predicted molar refractivity (Wildman–Crippen MR) is 229 cm³/mol. The van der Waals surface area contributed by atoms with Gasteiger partial charge in [0.1, 0.15) is 11.2 Å². The summed E-state index contributed by atoms with van der Waals surface area (Å²) in [5.41, 5.74) is 16.5. The van der Waals surface area contributed by atoms with Crippen molar-refractivity contribution in [2.75, 3.05) is 0 Å². The van der Waals surface area contributed by atoms with E-state index in [1.54, 1.807) is 0 Å². The molecule has 0 fully saturated rings. The van der Waals surface area contributed by atoms with Crippen LogP contribution >= 0.6 is 0 Å². The molecule has 8 aromatic rings. The van der Waals surface area contributed by atoms with Crippen molar-refractivity contribution < 1.29 is 4.42 Å². The van der Waals surface area contributed by atoms with Gasteiger partial charge in [0.15, 0.2) is 17.5 Å². The molecule has 0 spiro atoms. The molecule has 0 radical (unpaired) electrons. The van der Waals surface area contributed by atoms with Gasteiger partial charge in [-0.2, -0.15) is 0 Å². The first-order valence-corrected chi connectivity index (χ1v) is 19.7. The minimum Gasteiger partial charge on any atom is -0.456 e. The van der Waals surface area contributed by atoms with Crippen LogP contribution < -0.4 is 0 Å². The van der Waals surface area contributed by atoms with Gasteiger partial charge < -0.3 is 4.42 Å². The highest BCUT2D eigenvalue weighted by Crippen LogP contribution is 2.56. The molecule has 2 unspecified atom stereocenters. The van der Waals surface area contributed by atoms with Crippen LogP contribution in [-0.2, 0) is 10.8 Å². The van der Waals surface area contributed by atoms with Gasteiger partial charge in [0, 0.05) is 44.2 Å². The summed E-state index contributed by atoms with van der Waals surface area (Å²) in [7, 11) is 0. The van der Waals surface area contributed by atoms with Crippen LogP contribution in [0.25, 0.3) is 72.5 Å². The zero-order valence-corrected chi connectivity index (χ0v) is 32.3. The lowest BCUT2D eigenvalue weighted by Gasteiger charge is -2.30. The predicted octanol–water partition coefficient (Wildman–Crippen LogP) is 13.1. The maximum absolute atomic E-state index is 6.37. The van der Waals surface area contributed by atoms with E-state index in [1.165, 1.54) is 60.8 Å². The van der Waals surface area contributed by atoms with Crippen molar-refractivity contribution in [3.8, 4) is 45.0 Å². The fraction of sp³-hybridized carbons (Fsp3) is 0.173. The van der Waals surface area contributed by atoms with E-state index in [0.29, 0.717) is 17.5 Å². The SMILES string of the molecule is CC1C=C(c2nc(-c3ccccc3)nc(-c3ccc4c(c3)C(C)(C)c3ccccc3-4)n2)C=CC1c1cccc2c1C(C)(C)c1c-2ccc2oc3ccccc3c12. The second-order valence-electron chi connectivity index (χ2n) is 16.8. The molecule has 11 rings (SSSR count). The van der Waals surface area contributed by atoms with E-state index in [0.717, 1.165) is 27.9 Å². The zero-order valence-electron chi connectivity index (χ0n) is 32.3. The summed E-state index contributed by atoms with van der Waals surface area (Å²) in [6, 6.07) is 45.4. The number of rotatable bonds is 4. The third-order valence-electron chi connectivity index (χ3n) is 12.8. The Kier molecular flexibility index (Phi) is 6.95. The van der Waals surface area contributed by atoms with E-state index >= 15 is 0 Å². The van der Waals surface area contributed by atoms with E-state index in [-0.39, 0.29) is 22.7 Å². The Morgan fingerprint density at radius 1 is 0.536 bits per heavy atom. The van der Waals surface area contributed by atoms with Crippen LogP contribution in [0.2, 0.25) is 0 Å². The van der Waals surface area contributed by atoms with Gasteiger partial charge in [-0.25, -0.2) is 15.0 Å². The van der Waals surface area contributed by atoms with Gasteiger partial charge in [-0.3, -0.25) is 0 Å². The molecular weight excluding hydrogens is 683 g/mol. The first kappa shape index (κ1) is 33.0. The minimum absolute atomic E-state index is 0.120. The summed E-state index contributed by atoms with van der Waals surface area (Å²) in [6.07, 6.45) is 6.97. The molecule has 2 heterocycles. The summed E-state index contributed by atoms with van der Waals surface area (Å²) in [6.45, 7) is 11.7. The third kappa shape index (κ3) is 4.68. The Morgan fingerprint density at radius 3 is 2.05 bits per heavy atom. The number of allylic oxidation sites excluding steroid dienone is 4. The Labute approximate surface area is 327 Å². The van der Waals surface area contributed by atoms with Crippen molar-refractivity contribution in [2.45, 2.75) is 51.4 Å². The summed E-state index contributed by atoms with van der Waals surface area (Å²) in [5, 5.41) is 2.41. The molecule has 4 heteroatoms. The highest BCUT2D eigenvalue weighted by Gasteiger charge is 2.41. The van der Waals surface area contributed by atoms with E-state index in [4.69, 9.17) is 19.4 Å². The number of fused-ring (bicyclic) bond motifs is 10. The molecule has 0 saturated heterocycles. The first-order chi connectivity index (χ1) is 27.2. The molecule has 3 aliphatic carbocycles. The monoisotopic (exact) mass is 723 g/mol. The van der Waals surface area contributed by atoms with Crippen LogP contribution in [0.5, 0.6) is 0 Å². The van der Waals surface area contributed by atoms with Crippen molar-refractivity contribution in [1.82, 2.24) is 15.0 Å². The van der Waals surface area contributed by atoms with Gasteiger partial charge in [0.25, 0.3) is 0 Å². The van der Waals surface area contributed by atoms with E-state index in [9.17, 15) is 0 Å². The average molecular weight is 724 g/mol. The van der Waals surface area contributed by atoms with E-state index < -0.39 is 0 Å². The highest BCUT2D eigenvalue weighted by molar-refractivity contribution is 6.11. The van der Waals surface area contributed by atoms with Gasteiger partial charge in [-0.1, -0.05) is 162 Å². The number of hydrogen-bond acceptors (Lipinski definition) is 4. The van der Waals surface area contributed by atoms with Crippen LogP contribution in [0.15, 0.2) is 150 Å². The molecule has 56 heavy (non-hydrogen) atoms. The molecular formula is C52H41N3O. The maximum atomic E-state index is 6.37. The van der Waals surface area contributed by atoms with Crippen LogP contribution in [0.3, 0.4) is 0 Å². The number of hydrogen-bond donors (Lipinski definition) is 0. The molecule has 0 amide bonds. The minimum atomic E-state index is -0.218. The molecule has 4 nitrogen and oxygen atoms in total. The second kappa shape index (κ2) is 11.8. The number of para-hydroxylation sites is 1. The fourth-order valence-corrected chi connectivity index (χ4v) is 10.1. The Balaban J connectivity index is 0.992. The van der Waals surface area contributed by atoms with Crippen molar-refractivity contribution in [1.29, 1.82) is 0 Å². The fourth-order valence-electron chi connectivity index (χ4n) is 10.1. The third-order valence-corrected chi connectivity index (χ3v) is 12.8.